The zero-order valence-electron chi connectivity index (χ0n) is 15.0. The highest BCUT2D eigenvalue weighted by molar-refractivity contribution is 5.84. The highest BCUT2D eigenvalue weighted by Crippen LogP contribution is 2.69. The fourth-order valence-corrected chi connectivity index (χ4v) is 6.30. The molecule has 0 N–H and O–H groups in total. The fraction of sp³-hybridized carbons (Fsp3) is 0.800. The van der Waals surface area contributed by atoms with E-state index >= 15 is 0 Å². The molecule has 0 amide bonds. The minimum atomic E-state index is -0.308. The van der Waals surface area contributed by atoms with Crippen LogP contribution in [-0.4, -0.2) is 24.1 Å². The van der Waals surface area contributed by atoms with E-state index in [1.807, 2.05) is 27.7 Å². The number of hydrogen-bond donors (Lipinski definition) is 0. The van der Waals surface area contributed by atoms with Gasteiger partial charge in [-0.05, 0) is 76.0 Å². The van der Waals surface area contributed by atoms with E-state index in [-0.39, 0.29) is 47.8 Å². The van der Waals surface area contributed by atoms with Gasteiger partial charge < -0.3 is 9.47 Å². The third-order valence-electron chi connectivity index (χ3n) is 6.67. The van der Waals surface area contributed by atoms with Gasteiger partial charge in [-0.1, -0.05) is 12.2 Å². The number of fused-ring (bicyclic) bond motifs is 9. The molecule has 0 aliphatic heterocycles. The van der Waals surface area contributed by atoms with Crippen molar-refractivity contribution >= 4 is 11.9 Å². The Kier molecular flexibility index (Phi) is 3.77. The van der Waals surface area contributed by atoms with Crippen molar-refractivity contribution in [2.75, 3.05) is 0 Å². The van der Waals surface area contributed by atoms with Crippen LogP contribution in [-0.2, 0) is 19.1 Å². The van der Waals surface area contributed by atoms with Crippen LogP contribution < -0.4 is 0 Å². The number of carbonyl (C=O) groups is 2. The van der Waals surface area contributed by atoms with Crippen LogP contribution in [0, 0.1) is 47.3 Å². The predicted molar refractivity (Wildman–Crippen MR) is 88.8 cm³/mol. The number of hydrogen-bond acceptors (Lipinski definition) is 4. The predicted octanol–water partition coefficient (Wildman–Crippen LogP) is 3.21. The number of ether oxygens (including phenoxy) is 2. The lowest BCUT2D eigenvalue weighted by atomic mass is 9.65. The molecule has 8 atom stereocenters. The third kappa shape index (κ3) is 2.25. The van der Waals surface area contributed by atoms with Gasteiger partial charge in [0.1, 0.15) is 0 Å². The monoisotopic (exact) mass is 332 g/mol. The summed E-state index contributed by atoms with van der Waals surface area (Å²) in [5.41, 5.74) is 0. The van der Waals surface area contributed by atoms with Crippen LogP contribution in [0.1, 0.15) is 40.5 Å². The number of allylic oxidation sites excluding steroid dienone is 2. The molecule has 0 radical (unpaired) electrons. The average Bonchev–Trinajstić information content (AvgIpc) is 3.22. The average molecular weight is 332 g/mol. The van der Waals surface area contributed by atoms with Gasteiger partial charge in [0.05, 0.1) is 24.0 Å². The Balaban J connectivity index is 1.64. The molecule has 4 aliphatic rings. The SMILES string of the molecule is CC(C)OC(=O)C1C2CC(C1C(=O)OC(C)C)C1C3C=CC(C3)C21. The maximum Gasteiger partial charge on any atom is 0.310 e. The lowest BCUT2D eigenvalue weighted by Crippen LogP contribution is -2.45. The molecule has 3 saturated carbocycles. The molecule has 4 heteroatoms. The van der Waals surface area contributed by atoms with Crippen LogP contribution in [0.4, 0.5) is 0 Å². The van der Waals surface area contributed by atoms with E-state index in [9.17, 15) is 9.59 Å². The van der Waals surface area contributed by atoms with Gasteiger partial charge >= 0.3 is 11.9 Å². The molecule has 132 valence electrons. The first-order valence-corrected chi connectivity index (χ1v) is 9.47. The second-order valence-electron chi connectivity index (χ2n) is 8.69. The molecular formula is C20H28O4. The van der Waals surface area contributed by atoms with E-state index < -0.39 is 0 Å². The second-order valence-corrected chi connectivity index (χ2v) is 8.69. The van der Waals surface area contributed by atoms with E-state index in [4.69, 9.17) is 9.47 Å². The van der Waals surface area contributed by atoms with E-state index in [1.54, 1.807) is 0 Å². The van der Waals surface area contributed by atoms with Gasteiger partial charge in [0.25, 0.3) is 0 Å². The zero-order valence-corrected chi connectivity index (χ0v) is 15.0. The molecule has 3 fully saturated rings. The first-order chi connectivity index (χ1) is 11.4. The second kappa shape index (κ2) is 5.60. The summed E-state index contributed by atoms with van der Waals surface area (Å²) in [6, 6.07) is 0. The molecule has 4 bridgehead atoms. The summed E-state index contributed by atoms with van der Waals surface area (Å²) < 4.78 is 11.1. The number of rotatable bonds is 4. The molecule has 8 unspecified atom stereocenters. The fourth-order valence-electron chi connectivity index (χ4n) is 6.30. The molecule has 24 heavy (non-hydrogen) atoms. The van der Waals surface area contributed by atoms with E-state index in [0.717, 1.165) is 6.42 Å². The summed E-state index contributed by atoms with van der Waals surface area (Å²) in [4.78, 5) is 25.6. The Bertz CT molecular complexity index is 530. The summed E-state index contributed by atoms with van der Waals surface area (Å²) >= 11 is 0. The topological polar surface area (TPSA) is 52.6 Å². The standard InChI is InChI=1S/C20H28O4/c1-9(2)23-19(21)17-13-8-14(18(17)20(22)24-10(3)4)16-12-6-5-11(7-12)15(13)16/h5-6,9-18H,7-8H2,1-4H3. The Labute approximate surface area is 144 Å². The minimum absolute atomic E-state index is 0.144. The normalized spacial score (nSPS) is 44.4. The van der Waals surface area contributed by atoms with Crippen LogP contribution in [0.2, 0.25) is 0 Å². The summed E-state index contributed by atoms with van der Waals surface area (Å²) in [5, 5.41) is 0. The van der Waals surface area contributed by atoms with Gasteiger partial charge in [-0.15, -0.1) is 0 Å². The van der Waals surface area contributed by atoms with Crippen LogP contribution in [0.15, 0.2) is 12.2 Å². The third-order valence-corrected chi connectivity index (χ3v) is 6.67. The molecular weight excluding hydrogens is 304 g/mol. The zero-order chi connectivity index (χ0) is 17.2. The highest BCUT2D eigenvalue weighted by Gasteiger charge is 2.68. The smallest absolute Gasteiger partial charge is 0.310 e. The maximum atomic E-state index is 12.8. The first kappa shape index (κ1) is 16.2. The molecule has 0 aromatic rings. The van der Waals surface area contributed by atoms with Crippen molar-refractivity contribution in [3.63, 3.8) is 0 Å². The van der Waals surface area contributed by atoms with Gasteiger partial charge in [0.15, 0.2) is 0 Å². The molecule has 4 nitrogen and oxygen atoms in total. The van der Waals surface area contributed by atoms with E-state index in [1.165, 1.54) is 6.42 Å². The Morgan fingerprint density at radius 2 is 1.21 bits per heavy atom. The Morgan fingerprint density at radius 1 is 0.792 bits per heavy atom. The maximum absolute atomic E-state index is 12.8. The van der Waals surface area contributed by atoms with Crippen molar-refractivity contribution in [2.45, 2.75) is 52.7 Å². The molecule has 0 saturated heterocycles. The molecule has 0 aromatic carbocycles. The van der Waals surface area contributed by atoms with Gasteiger partial charge in [0.2, 0.25) is 0 Å². The van der Waals surface area contributed by atoms with Gasteiger partial charge in [-0.3, -0.25) is 9.59 Å². The van der Waals surface area contributed by atoms with Crippen LogP contribution in [0.25, 0.3) is 0 Å². The Morgan fingerprint density at radius 3 is 1.58 bits per heavy atom. The molecule has 4 aliphatic carbocycles. The van der Waals surface area contributed by atoms with Gasteiger partial charge in [-0.2, -0.15) is 0 Å². The highest BCUT2D eigenvalue weighted by atomic mass is 16.6. The number of esters is 2. The summed E-state index contributed by atoms with van der Waals surface area (Å²) in [6.07, 6.45) is 6.60. The molecule has 4 rings (SSSR count). The number of carbonyl (C=O) groups excluding carboxylic acids is 2. The summed E-state index contributed by atoms with van der Waals surface area (Å²) in [6.45, 7) is 7.48. The molecule has 0 heterocycles. The lowest BCUT2D eigenvalue weighted by molar-refractivity contribution is -0.170. The summed E-state index contributed by atoms with van der Waals surface area (Å²) in [7, 11) is 0. The van der Waals surface area contributed by atoms with Crippen molar-refractivity contribution in [1.29, 1.82) is 0 Å². The lowest BCUT2D eigenvalue weighted by Gasteiger charge is -2.40. The first-order valence-electron chi connectivity index (χ1n) is 9.47. The van der Waals surface area contributed by atoms with Gasteiger partial charge in [-0.25, -0.2) is 0 Å². The van der Waals surface area contributed by atoms with Crippen LogP contribution in [0.5, 0.6) is 0 Å². The van der Waals surface area contributed by atoms with E-state index in [2.05, 4.69) is 12.2 Å². The molecule has 0 aromatic heterocycles. The van der Waals surface area contributed by atoms with Gasteiger partial charge in [0, 0.05) is 0 Å². The van der Waals surface area contributed by atoms with E-state index in [0.29, 0.717) is 23.7 Å². The van der Waals surface area contributed by atoms with Crippen molar-refractivity contribution in [3.8, 4) is 0 Å². The Hall–Kier alpha value is -1.32. The van der Waals surface area contributed by atoms with Crippen molar-refractivity contribution in [3.05, 3.63) is 12.2 Å². The van der Waals surface area contributed by atoms with Crippen molar-refractivity contribution in [2.24, 2.45) is 47.3 Å². The largest absolute Gasteiger partial charge is 0.463 e. The quantitative estimate of drug-likeness (QED) is 0.451. The minimum Gasteiger partial charge on any atom is -0.463 e. The van der Waals surface area contributed by atoms with Crippen molar-refractivity contribution < 1.29 is 19.1 Å². The van der Waals surface area contributed by atoms with Crippen LogP contribution >= 0.6 is 0 Å². The molecule has 0 spiro atoms. The van der Waals surface area contributed by atoms with Crippen LogP contribution in [0.3, 0.4) is 0 Å². The van der Waals surface area contributed by atoms with Crippen molar-refractivity contribution in [1.82, 2.24) is 0 Å². The summed E-state index contributed by atoms with van der Waals surface area (Å²) in [5.74, 6) is 1.93.